The summed E-state index contributed by atoms with van der Waals surface area (Å²) in [6.45, 7) is 6.27. The first-order valence-corrected chi connectivity index (χ1v) is 12.7. The van der Waals surface area contributed by atoms with Crippen LogP contribution in [-0.2, 0) is 11.2 Å². The summed E-state index contributed by atoms with van der Waals surface area (Å²) in [5, 5.41) is 10.5. The number of rotatable bonds is 9. The molecule has 0 aliphatic heterocycles. The van der Waals surface area contributed by atoms with Gasteiger partial charge in [-0.2, -0.15) is 5.10 Å². The highest BCUT2D eigenvalue weighted by Crippen LogP contribution is 2.25. The monoisotopic (exact) mass is 513 g/mol. The number of halogens is 1. The fraction of sp³-hybridized carbons (Fsp3) is 0.233. The molecule has 0 spiro atoms. The van der Waals surface area contributed by atoms with Crippen LogP contribution < -0.4 is 10.6 Å². The van der Waals surface area contributed by atoms with Crippen LogP contribution in [0.1, 0.15) is 26.3 Å². The van der Waals surface area contributed by atoms with Gasteiger partial charge < -0.3 is 15.5 Å². The predicted octanol–water partition coefficient (Wildman–Crippen LogP) is 6.37. The van der Waals surface area contributed by atoms with Crippen LogP contribution in [0.15, 0.2) is 84.9 Å². The molecule has 0 aliphatic carbocycles. The van der Waals surface area contributed by atoms with Crippen molar-refractivity contribution in [3.05, 3.63) is 96.3 Å². The summed E-state index contributed by atoms with van der Waals surface area (Å²) in [6, 6.07) is 24.5. The maximum Gasteiger partial charge on any atom is 0.322 e. The van der Waals surface area contributed by atoms with Crippen molar-refractivity contribution in [2.75, 3.05) is 23.7 Å². The SMILES string of the molecule is CCc1ccccc1NC(=O)N(CC(=O)Nc1cc(-c2ccccc2)nn1-c1ccc(F)cc1)CC(C)C. The van der Waals surface area contributed by atoms with Gasteiger partial charge in [-0.05, 0) is 48.2 Å². The minimum absolute atomic E-state index is 0.145. The maximum absolute atomic E-state index is 13.6. The van der Waals surface area contributed by atoms with Gasteiger partial charge in [0.05, 0.1) is 11.4 Å². The predicted molar refractivity (Wildman–Crippen MR) is 149 cm³/mol. The second kappa shape index (κ2) is 12.2. The third-order valence-corrected chi connectivity index (χ3v) is 5.96. The van der Waals surface area contributed by atoms with Gasteiger partial charge in [-0.25, -0.2) is 13.9 Å². The molecule has 0 saturated carbocycles. The summed E-state index contributed by atoms with van der Waals surface area (Å²) in [6.07, 6.45) is 0.776. The van der Waals surface area contributed by atoms with E-state index in [1.54, 1.807) is 22.9 Å². The van der Waals surface area contributed by atoms with Crippen LogP contribution in [0.5, 0.6) is 0 Å². The van der Waals surface area contributed by atoms with Crippen molar-refractivity contribution in [2.45, 2.75) is 27.2 Å². The van der Waals surface area contributed by atoms with Gasteiger partial charge in [0.15, 0.2) is 0 Å². The number of carbonyl (C=O) groups is 2. The van der Waals surface area contributed by atoms with Gasteiger partial charge in [-0.3, -0.25) is 4.79 Å². The highest BCUT2D eigenvalue weighted by atomic mass is 19.1. The molecule has 3 amide bonds. The Kier molecular flexibility index (Phi) is 8.53. The van der Waals surface area contributed by atoms with Crippen LogP contribution >= 0.6 is 0 Å². The number of carbonyl (C=O) groups excluding carboxylic acids is 2. The van der Waals surface area contributed by atoms with E-state index in [0.717, 1.165) is 23.2 Å². The number of nitrogens with zero attached hydrogens (tertiary/aromatic N) is 3. The van der Waals surface area contributed by atoms with Crippen molar-refractivity contribution in [2.24, 2.45) is 5.92 Å². The third kappa shape index (κ3) is 6.64. The van der Waals surface area contributed by atoms with E-state index >= 15 is 0 Å². The number of amides is 3. The van der Waals surface area contributed by atoms with E-state index in [0.29, 0.717) is 23.7 Å². The molecule has 7 nitrogen and oxygen atoms in total. The van der Waals surface area contributed by atoms with Gasteiger partial charge in [0.2, 0.25) is 5.91 Å². The minimum Gasteiger partial charge on any atom is -0.315 e. The largest absolute Gasteiger partial charge is 0.322 e. The number of para-hydroxylation sites is 1. The minimum atomic E-state index is -0.368. The standard InChI is InChI=1S/C30H32FN5O2/c1-4-22-10-8-9-13-26(22)32-30(38)35(19-21(2)3)20-29(37)33-28-18-27(23-11-6-5-7-12-23)34-36(28)25-16-14-24(31)15-17-25/h5-18,21H,4,19-20H2,1-3H3,(H,32,38)(H,33,37). The zero-order valence-electron chi connectivity index (χ0n) is 21.8. The van der Waals surface area contributed by atoms with Crippen LogP contribution in [0.25, 0.3) is 16.9 Å². The fourth-order valence-corrected chi connectivity index (χ4v) is 4.16. The summed E-state index contributed by atoms with van der Waals surface area (Å²) in [7, 11) is 0. The molecule has 4 aromatic rings. The van der Waals surface area contributed by atoms with E-state index in [2.05, 4.69) is 15.7 Å². The van der Waals surface area contributed by atoms with Crippen molar-refractivity contribution >= 4 is 23.4 Å². The van der Waals surface area contributed by atoms with E-state index in [1.807, 2.05) is 75.4 Å². The molecular weight excluding hydrogens is 481 g/mol. The average molecular weight is 514 g/mol. The number of benzene rings is 3. The van der Waals surface area contributed by atoms with Crippen LogP contribution in [-0.4, -0.2) is 39.7 Å². The number of hydrogen-bond acceptors (Lipinski definition) is 3. The zero-order valence-corrected chi connectivity index (χ0v) is 21.8. The van der Waals surface area contributed by atoms with Crippen molar-refractivity contribution in [1.29, 1.82) is 0 Å². The first kappa shape index (κ1) is 26.6. The number of urea groups is 1. The van der Waals surface area contributed by atoms with E-state index in [9.17, 15) is 14.0 Å². The topological polar surface area (TPSA) is 79.3 Å². The second-order valence-electron chi connectivity index (χ2n) is 9.43. The molecule has 1 aromatic heterocycles. The average Bonchev–Trinajstić information content (AvgIpc) is 3.32. The van der Waals surface area contributed by atoms with Crippen LogP contribution in [0.3, 0.4) is 0 Å². The fourth-order valence-electron chi connectivity index (χ4n) is 4.16. The Balaban J connectivity index is 1.57. The van der Waals surface area contributed by atoms with Crippen molar-refractivity contribution < 1.29 is 14.0 Å². The Hall–Kier alpha value is -4.46. The van der Waals surface area contributed by atoms with Crippen molar-refractivity contribution in [3.8, 4) is 16.9 Å². The highest BCUT2D eigenvalue weighted by Gasteiger charge is 2.21. The van der Waals surface area contributed by atoms with Gasteiger partial charge >= 0.3 is 6.03 Å². The molecule has 0 fully saturated rings. The number of hydrogen-bond donors (Lipinski definition) is 2. The lowest BCUT2D eigenvalue weighted by atomic mass is 10.1. The maximum atomic E-state index is 13.6. The number of aryl methyl sites for hydroxylation is 1. The summed E-state index contributed by atoms with van der Waals surface area (Å²) in [5.41, 5.74) is 3.87. The number of anilines is 2. The molecule has 8 heteroatoms. The molecule has 0 saturated heterocycles. The Morgan fingerprint density at radius 3 is 2.32 bits per heavy atom. The number of aromatic nitrogens is 2. The Labute approximate surface area is 222 Å². The smallest absolute Gasteiger partial charge is 0.315 e. The number of nitrogens with one attached hydrogen (secondary N) is 2. The molecule has 196 valence electrons. The highest BCUT2D eigenvalue weighted by molar-refractivity contribution is 5.97. The van der Waals surface area contributed by atoms with Crippen LogP contribution in [0.2, 0.25) is 0 Å². The lowest BCUT2D eigenvalue weighted by Crippen LogP contribution is -2.42. The van der Waals surface area contributed by atoms with Crippen molar-refractivity contribution in [3.63, 3.8) is 0 Å². The second-order valence-corrected chi connectivity index (χ2v) is 9.43. The Morgan fingerprint density at radius 2 is 1.63 bits per heavy atom. The normalized spacial score (nSPS) is 10.9. The van der Waals surface area contributed by atoms with Crippen molar-refractivity contribution in [1.82, 2.24) is 14.7 Å². The quantitative estimate of drug-likeness (QED) is 0.273. The summed E-state index contributed by atoms with van der Waals surface area (Å²) >= 11 is 0. The molecule has 0 bridgehead atoms. The lowest BCUT2D eigenvalue weighted by molar-refractivity contribution is -0.116. The first-order valence-electron chi connectivity index (χ1n) is 12.7. The molecule has 38 heavy (non-hydrogen) atoms. The van der Waals surface area contributed by atoms with E-state index in [-0.39, 0.29) is 30.2 Å². The molecule has 4 rings (SSSR count). The molecule has 0 radical (unpaired) electrons. The molecular formula is C30H32FN5O2. The summed E-state index contributed by atoms with van der Waals surface area (Å²) in [4.78, 5) is 27.9. The van der Waals surface area contributed by atoms with E-state index < -0.39 is 0 Å². The van der Waals surface area contributed by atoms with E-state index in [4.69, 9.17) is 0 Å². The lowest BCUT2D eigenvalue weighted by Gasteiger charge is -2.25. The third-order valence-electron chi connectivity index (χ3n) is 5.96. The summed E-state index contributed by atoms with van der Waals surface area (Å²) in [5.74, 6) is -0.159. The van der Waals surface area contributed by atoms with Gasteiger partial charge in [0.25, 0.3) is 0 Å². The first-order chi connectivity index (χ1) is 18.3. The van der Waals surface area contributed by atoms with Crippen LogP contribution in [0.4, 0.5) is 20.7 Å². The molecule has 0 atom stereocenters. The van der Waals surface area contributed by atoms with Gasteiger partial charge in [0.1, 0.15) is 18.2 Å². The van der Waals surface area contributed by atoms with Crippen LogP contribution in [0, 0.1) is 11.7 Å². The molecule has 3 aromatic carbocycles. The van der Waals surface area contributed by atoms with Gasteiger partial charge in [-0.1, -0.05) is 69.3 Å². The van der Waals surface area contributed by atoms with Gasteiger partial charge in [0, 0.05) is 23.9 Å². The molecule has 2 N–H and O–H groups in total. The summed E-state index contributed by atoms with van der Waals surface area (Å²) < 4.78 is 15.1. The zero-order chi connectivity index (χ0) is 27.1. The molecule has 0 aliphatic rings. The Bertz CT molecular complexity index is 1380. The molecule has 0 unspecified atom stereocenters. The van der Waals surface area contributed by atoms with E-state index in [1.165, 1.54) is 17.0 Å². The van der Waals surface area contributed by atoms with Gasteiger partial charge in [-0.15, -0.1) is 0 Å². The Morgan fingerprint density at radius 1 is 0.947 bits per heavy atom. The molecule has 1 heterocycles.